The lowest BCUT2D eigenvalue weighted by atomic mass is 10.1. The molecule has 2 amide bonds. The Labute approximate surface area is 117 Å². The Kier molecular flexibility index (Phi) is 5.07. The van der Waals surface area contributed by atoms with Crippen molar-refractivity contribution < 1.29 is 14.0 Å². The van der Waals surface area contributed by atoms with Gasteiger partial charge in [0.1, 0.15) is 5.82 Å². The predicted octanol–water partition coefficient (Wildman–Crippen LogP) is 1.44. The van der Waals surface area contributed by atoms with Gasteiger partial charge < -0.3 is 16.4 Å². The first kappa shape index (κ1) is 15.9. The summed E-state index contributed by atoms with van der Waals surface area (Å²) in [6, 6.07) is 3.74. The predicted molar refractivity (Wildman–Crippen MR) is 75.7 cm³/mol. The number of carbonyl (C=O) groups is 2. The van der Waals surface area contributed by atoms with Gasteiger partial charge in [-0.2, -0.15) is 0 Å². The molecular formula is C14H20FN3O2. The van der Waals surface area contributed by atoms with Crippen LogP contribution in [0.25, 0.3) is 0 Å². The number of nitrogens with one attached hydrogen (secondary N) is 2. The van der Waals surface area contributed by atoms with Crippen LogP contribution in [-0.2, 0) is 4.79 Å². The lowest BCUT2D eigenvalue weighted by Gasteiger charge is -2.20. The van der Waals surface area contributed by atoms with Gasteiger partial charge in [-0.25, -0.2) is 4.39 Å². The van der Waals surface area contributed by atoms with Crippen LogP contribution in [0.15, 0.2) is 18.2 Å². The number of amides is 2. The Bertz CT molecular complexity index is 510. The number of halogens is 1. The molecule has 0 fully saturated rings. The Morgan fingerprint density at radius 1 is 1.30 bits per heavy atom. The molecule has 0 bridgehead atoms. The molecule has 1 aromatic rings. The maximum Gasteiger partial charge on any atom is 0.251 e. The van der Waals surface area contributed by atoms with E-state index in [9.17, 15) is 14.0 Å². The van der Waals surface area contributed by atoms with E-state index < -0.39 is 5.82 Å². The van der Waals surface area contributed by atoms with Crippen molar-refractivity contribution in [3.05, 3.63) is 29.6 Å². The molecule has 6 heteroatoms. The Balaban J connectivity index is 2.44. The molecule has 0 aromatic heterocycles. The summed E-state index contributed by atoms with van der Waals surface area (Å²) < 4.78 is 13.0. The van der Waals surface area contributed by atoms with E-state index in [0.717, 1.165) is 6.07 Å². The number of hydrogen-bond donors (Lipinski definition) is 3. The number of hydrogen-bond acceptors (Lipinski definition) is 3. The second-order valence-corrected chi connectivity index (χ2v) is 5.54. The highest BCUT2D eigenvalue weighted by Crippen LogP contribution is 2.11. The zero-order chi connectivity index (χ0) is 15.3. The van der Waals surface area contributed by atoms with Crippen LogP contribution < -0.4 is 16.4 Å². The first-order valence-corrected chi connectivity index (χ1v) is 6.33. The quantitative estimate of drug-likeness (QED) is 0.730. The molecule has 4 N–H and O–H groups in total. The van der Waals surface area contributed by atoms with E-state index in [0.29, 0.717) is 0 Å². The number of anilines is 1. The molecule has 0 aliphatic carbocycles. The van der Waals surface area contributed by atoms with Gasteiger partial charge in [0.25, 0.3) is 5.91 Å². The maximum atomic E-state index is 13.0. The zero-order valence-corrected chi connectivity index (χ0v) is 11.9. The van der Waals surface area contributed by atoms with Crippen molar-refractivity contribution in [1.82, 2.24) is 10.6 Å². The molecule has 1 rings (SSSR count). The van der Waals surface area contributed by atoms with E-state index in [-0.39, 0.29) is 41.6 Å². The lowest BCUT2D eigenvalue weighted by molar-refractivity contribution is -0.122. The zero-order valence-electron chi connectivity index (χ0n) is 11.9. The Hall–Kier alpha value is -2.11. The standard InChI is InChI=1S/C14H20FN3O2/c1-14(2,3)18-12(19)6-7-17-13(20)9-4-5-10(15)11(16)8-9/h4-5,8H,6-7,16H2,1-3H3,(H,17,20)(H,18,19). The summed E-state index contributed by atoms with van der Waals surface area (Å²) in [5.74, 6) is -1.09. The molecule has 0 radical (unpaired) electrons. The molecule has 0 saturated carbocycles. The second-order valence-electron chi connectivity index (χ2n) is 5.54. The average molecular weight is 281 g/mol. The van der Waals surface area contributed by atoms with Crippen molar-refractivity contribution in [2.75, 3.05) is 12.3 Å². The topological polar surface area (TPSA) is 84.2 Å². The lowest BCUT2D eigenvalue weighted by Crippen LogP contribution is -2.42. The Morgan fingerprint density at radius 3 is 2.50 bits per heavy atom. The first-order chi connectivity index (χ1) is 9.19. The number of benzene rings is 1. The maximum absolute atomic E-state index is 13.0. The summed E-state index contributed by atoms with van der Waals surface area (Å²) in [7, 11) is 0. The minimum absolute atomic E-state index is 0.0804. The van der Waals surface area contributed by atoms with Crippen LogP contribution in [0.2, 0.25) is 0 Å². The number of rotatable bonds is 4. The molecule has 1 aromatic carbocycles. The molecule has 110 valence electrons. The fourth-order valence-electron chi connectivity index (χ4n) is 1.56. The summed E-state index contributed by atoms with van der Waals surface area (Å²) in [6.45, 7) is 5.85. The highest BCUT2D eigenvalue weighted by molar-refractivity contribution is 5.95. The van der Waals surface area contributed by atoms with Gasteiger partial charge >= 0.3 is 0 Å². The van der Waals surface area contributed by atoms with Crippen molar-refractivity contribution in [3.8, 4) is 0 Å². The summed E-state index contributed by atoms with van der Waals surface area (Å²) in [5.41, 5.74) is 5.27. The van der Waals surface area contributed by atoms with Crippen LogP contribution in [0, 0.1) is 5.82 Å². The van der Waals surface area contributed by atoms with E-state index in [1.165, 1.54) is 12.1 Å². The molecule has 0 atom stereocenters. The van der Waals surface area contributed by atoms with Crippen LogP contribution in [0.3, 0.4) is 0 Å². The summed E-state index contributed by atoms with van der Waals surface area (Å²) in [5, 5.41) is 5.37. The smallest absolute Gasteiger partial charge is 0.251 e. The summed E-state index contributed by atoms with van der Waals surface area (Å²) in [4.78, 5) is 23.3. The molecule has 5 nitrogen and oxygen atoms in total. The summed E-state index contributed by atoms with van der Waals surface area (Å²) in [6.07, 6.45) is 0.180. The van der Waals surface area contributed by atoms with E-state index in [2.05, 4.69) is 10.6 Å². The van der Waals surface area contributed by atoms with Gasteiger partial charge in [-0.3, -0.25) is 9.59 Å². The fourth-order valence-corrected chi connectivity index (χ4v) is 1.56. The van der Waals surface area contributed by atoms with Crippen molar-refractivity contribution in [2.45, 2.75) is 32.7 Å². The summed E-state index contributed by atoms with van der Waals surface area (Å²) >= 11 is 0. The molecule has 0 spiro atoms. The third-order valence-corrected chi connectivity index (χ3v) is 2.41. The van der Waals surface area contributed by atoms with Crippen LogP contribution in [0.4, 0.5) is 10.1 Å². The first-order valence-electron chi connectivity index (χ1n) is 6.33. The van der Waals surface area contributed by atoms with Crippen LogP contribution in [-0.4, -0.2) is 23.9 Å². The molecule has 20 heavy (non-hydrogen) atoms. The van der Waals surface area contributed by atoms with Gasteiger partial charge in [0.2, 0.25) is 5.91 Å². The van der Waals surface area contributed by atoms with E-state index in [1.807, 2.05) is 20.8 Å². The fraction of sp³-hybridized carbons (Fsp3) is 0.429. The number of nitrogens with two attached hydrogens (primary N) is 1. The van der Waals surface area contributed by atoms with Gasteiger partial charge in [0.05, 0.1) is 5.69 Å². The minimum Gasteiger partial charge on any atom is -0.396 e. The van der Waals surface area contributed by atoms with Gasteiger partial charge in [0.15, 0.2) is 0 Å². The van der Waals surface area contributed by atoms with Crippen molar-refractivity contribution in [2.24, 2.45) is 0 Å². The van der Waals surface area contributed by atoms with Crippen molar-refractivity contribution in [1.29, 1.82) is 0 Å². The van der Waals surface area contributed by atoms with Crippen LogP contribution in [0.5, 0.6) is 0 Å². The van der Waals surface area contributed by atoms with Gasteiger partial charge in [-0.15, -0.1) is 0 Å². The number of nitrogen functional groups attached to an aromatic ring is 1. The third kappa shape index (κ3) is 5.26. The normalized spacial score (nSPS) is 11.0. The van der Waals surface area contributed by atoms with Crippen molar-refractivity contribution >= 4 is 17.5 Å². The Morgan fingerprint density at radius 2 is 1.95 bits per heavy atom. The minimum atomic E-state index is -0.564. The van der Waals surface area contributed by atoms with E-state index in [4.69, 9.17) is 5.73 Å². The molecule has 0 saturated heterocycles. The monoisotopic (exact) mass is 281 g/mol. The third-order valence-electron chi connectivity index (χ3n) is 2.41. The second kappa shape index (κ2) is 6.36. The highest BCUT2D eigenvalue weighted by atomic mass is 19.1. The molecule has 0 aliphatic heterocycles. The average Bonchev–Trinajstić information content (AvgIpc) is 2.30. The van der Waals surface area contributed by atoms with Gasteiger partial charge in [0, 0.05) is 24.1 Å². The largest absolute Gasteiger partial charge is 0.396 e. The molecule has 0 heterocycles. The molecule has 0 unspecified atom stereocenters. The molecular weight excluding hydrogens is 261 g/mol. The molecule has 0 aliphatic rings. The van der Waals surface area contributed by atoms with Crippen LogP contribution in [0.1, 0.15) is 37.6 Å². The van der Waals surface area contributed by atoms with E-state index >= 15 is 0 Å². The highest BCUT2D eigenvalue weighted by Gasteiger charge is 2.14. The van der Waals surface area contributed by atoms with Gasteiger partial charge in [-0.05, 0) is 39.0 Å². The van der Waals surface area contributed by atoms with Gasteiger partial charge in [-0.1, -0.05) is 0 Å². The number of carbonyl (C=O) groups excluding carboxylic acids is 2. The van der Waals surface area contributed by atoms with Crippen LogP contribution >= 0.6 is 0 Å². The SMILES string of the molecule is CC(C)(C)NC(=O)CCNC(=O)c1ccc(F)c(N)c1. The van der Waals surface area contributed by atoms with E-state index in [1.54, 1.807) is 0 Å². The van der Waals surface area contributed by atoms with Crippen molar-refractivity contribution in [3.63, 3.8) is 0 Å².